The summed E-state index contributed by atoms with van der Waals surface area (Å²) in [6.45, 7) is 0. The Morgan fingerprint density at radius 3 is 2.65 bits per heavy atom. The highest BCUT2D eigenvalue weighted by Gasteiger charge is 2.11. The van der Waals surface area contributed by atoms with E-state index in [0.29, 0.717) is 16.5 Å². The van der Waals surface area contributed by atoms with E-state index in [4.69, 9.17) is 16.3 Å². The Morgan fingerprint density at radius 1 is 1.13 bits per heavy atom. The minimum atomic E-state index is -0.359. The van der Waals surface area contributed by atoms with Gasteiger partial charge < -0.3 is 19.9 Å². The molecule has 1 aromatic heterocycles. The van der Waals surface area contributed by atoms with Crippen molar-refractivity contribution in [3.05, 3.63) is 53.7 Å². The van der Waals surface area contributed by atoms with Gasteiger partial charge in [0.25, 0.3) is 0 Å². The van der Waals surface area contributed by atoms with E-state index < -0.39 is 0 Å². The van der Waals surface area contributed by atoms with Gasteiger partial charge in [-0.15, -0.1) is 0 Å². The standard InChI is InChI=1S/C17H16ClN3O2/c1-21-10-14(12-5-3-4-6-15(12)21)20-17(22)19-13-9-11(18)7-8-16(13)23-2/h3-10H,1-2H3,(H2,19,20,22). The lowest BCUT2D eigenvalue weighted by Gasteiger charge is -2.11. The summed E-state index contributed by atoms with van der Waals surface area (Å²) in [4.78, 5) is 12.3. The molecule has 0 spiro atoms. The van der Waals surface area contributed by atoms with Crippen molar-refractivity contribution in [2.45, 2.75) is 0 Å². The highest BCUT2D eigenvalue weighted by molar-refractivity contribution is 6.31. The second kappa shape index (κ2) is 6.22. The van der Waals surface area contributed by atoms with E-state index in [9.17, 15) is 4.79 Å². The molecule has 0 bridgehead atoms. The van der Waals surface area contributed by atoms with E-state index in [1.54, 1.807) is 18.2 Å². The van der Waals surface area contributed by atoms with Crippen LogP contribution in [0.3, 0.4) is 0 Å². The number of nitrogens with one attached hydrogen (secondary N) is 2. The van der Waals surface area contributed by atoms with Gasteiger partial charge >= 0.3 is 6.03 Å². The fourth-order valence-corrected chi connectivity index (χ4v) is 2.67. The first-order chi connectivity index (χ1) is 11.1. The number of aryl methyl sites for hydroxylation is 1. The highest BCUT2D eigenvalue weighted by atomic mass is 35.5. The number of carbonyl (C=O) groups is 1. The molecule has 23 heavy (non-hydrogen) atoms. The highest BCUT2D eigenvalue weighted by Crippen LogP contribution is 2.29. The lowest BCUT2D eigenvalue weighted by molar-refractivity contribution is 0.262. The van der Waals surface area contributed by atoms with Crippen molar-refractivity contribution in [2.75, 3.05) is 17.7 Å². The van der Waals surface area contributed by atoms with Gasteiger partial charge in [-0.05, 0) is 24.3 Å². The summed E-state index contributed by atoms with van der Waals surface area (Å²) in [7, 11) is 3.47. The number of hydrogen-bond acceptors (Lipinski definition) is 2. The van der Waals surface area contributed by atoms with Crippen molar-refractivity contribution in [3.63, 3.8) is 0 Å². The first-order valence-electron chi connectivity index (χ1n) is 7.04. The van der Waals surface area contributed by atoms with Crippen molar-refractivity contribution in [1.82, 2.24) is 4.57 Å². The largest absolute Gasteiger partial charge is 0.495 e. The number of hydrogen-bond donors (Lipinski definition) is 2. The fourth-order valence-electron chi connectivity index (χ4n) is 2.50. The third-order valence-corrected chi connectivity index (χ3v) is 3.79. The summed E-state index contributed by atoms with van der Waals surface area (Å²) in [5.41, 5.74) is 2.29. The van der Waals surface area contributed by atoms with Crippen LogP contribution in [0.4, 0.5) is 16.2 Å². The van der Waals surface area contributed by atoms with Crippen molar-refractivity contribution in [2.24, 2.45) is 7.05 Å². The molecule has 0 unspecified atom stereocenters. The van der Waals surface area contributed by atoms with Gasteiger partial charge in [0.2, 0.25) is 0 Å². The first kappa shape index (κ1) is 15.2. The van der Waals surface area contributed by atoms with Gasteiger partial charge in [0, 0.05) is 29.2 Å². The molecule has 3 aromatic rings. The number of halogens is 1. The third kappa shape index (κ3) is 3.10. The maximum atomic E-state index is 12.3. The van der Waals surface area contributed by atoms with Gasteiger partial charge in [0.1, 0.15) is 5.75 Å². The minimum Gasteiger partial charge on any atom is -0.495 e. The molecule has 3 rings (SSSR count). The predicted molar refractivity (Wildman–Crippen MR) is 93.6 cm³/mol. The summed E-state index contributed by atoms with van der Waals surface area (Å²) in [6.07, 6.45) is 1.87. The van der Waals surface area contributed by atoms with Crippen molar-refractivity contribution >= 4 is 39.9 Å². The Balaban J connectivity index is 1.83. The van der Waals surface area contributed by atoms with Crippen LogP contribution in [0, 0.1) is 0 Å². The van der Waals surface area contributed by atoms with E-state index in [1.165, 1.54) is 7.11 Å². The number of carbonyl (C=O) groups excluding carboxylic acids is 1. The van der Waals surface area contributed by atoms with Crippen LogP contribution in [0.2, 0.25) is 5.02 Å². The Morgan fingerprint density at radius 2 is 1.87 bits per heavy atom. The second-order valence-corrected chi connectivity index (χ2v) is 5.53. The maximum absolute atomic E-state index is 12.3. The van der Waals surface area contributed by atoms with Gasteiger partial charge in [0.15, 0.2) is 0 Å². The summed E-state index contributed by atoms with van der Waals surface area (Å²) in [5.74, 6) is 0.544. The van der Waals surface area contributed by atoms with Crippen LogP contribution in [0.5, 0.6) is 5.75 Å². The number of benzene rings is 2. The number of rotatable bonds is 3. The zero-order valence-electron chi connectivity index (χ0n) is 12.8. The zero-order chi connectivity index (χ0) is 16.4. The summed E-state index contributed by atoms with van der Waals surface area (Å²) in [5, 5.41) is 7.11. The second-order valence-electron chi connectivity index (χ2n) is 5.09. The van der Waals surface area contributed by atoms with Crippen LogP contribution in [-0.2, 0) is 7.05 Å². The molecule has 0 saturated carbocycles. The molecule has 0 fully saturated rings. The number of nitrogens with zero attached hydrogens (tertiary/aromatic N) is 1. The molecular weight excluding hydrogens is 314 g/mol. The monoisotopic (exact) mass is 329 g/mol. The van der Waals surface area contributed by atoms with Gasteiger partial charge in [-0.25, -0.2) is 4.79 Å². The number of fused-ring (bicyclic) bond motifs is 1. The van der Waals surface area contributed by atoms with E-state index in [2.05, 4.69) is 10.6 Å². The number of methoxy groups -OCH3 is 1. The summed E-state index contributed by atoms with van der Waals surface area (Å²) >= 11 is 5.97. The Kier molecular flexibility index (Phi) is 4.12. The van der Waals surface area contributed by atoms with Gasteiger partial charge in [-0.3, -0.25) is 0 Å². The number of aromatic nitrogens is 1. The summed E-state index contributed by atoms with van der Waals surface area (Å²) in [6, 6.07) is 12.5. The molecule has 0 aliphatic rings. The molecular formula is C17H16ClN3O2. The van der Waals surface area contributed by atoms with E-state index in [-0.39, 0.29) is 6.03 Å². The first-order valence-corrected chi connectivity index (χ1v) is 7.42. The number of para-hydroxylation sites is 1. The average molecular weight is 330 g/mol. The molecule has 2 aromatic carbocycles. The molecule has 2 N–H and O–H groups in total. The zero-order valence-corrected chi connectivity index (χ0v) is 13.5. The molecule has 0 radical (unpaired) electrons. The molecule has 1 heterocycles. The van der Waals surface area contributed by atoms with Crippen molar-refractivity contribution in [3.8, 4) is 5.75 Å². The van der Waals surface area contributed by atoms with Crippen LogP contribution in [0.1, 0.15) is 0 Å². The van der Waals surface area contributed by atoms with Crippen LogP contribution >= 0.6 is 11.6 Å². The van der Waals surface area contributed by atoms with Crippen LogP contribution in [-0.4, -0.2) is 17.7 Å². The normalized spacial score (nSPS) is 10.6. The SMILES string of the molecule is COc1ccc(Cl)cc1NC(=O)Nc1cn(C)c2ccccc12. The van der Waals surface area contributed by atoms with Gasteiger partial charge in [-0.1, -0.05) is 29.8 Å². The van der Waals surface area contributed by atoms with Crippen LogP contribution in [0.15, 0.2) is 48.7 Å². The van der Waals surface area contributed by atoms with E-state index >= 15 is 0 Å². The molecule has 6 heteroatoms. The molecule has 0 aliphatic carbocycles. The molecule has 0 saturated heterocycles. The molecule has 5 nitrogen and oxygen atoms in total. The lowest BCUT2D eigenvalue weighted by Crippen LogP contribution is -2.19. The fraction of sp³-hybridized carbons (Fsp3) is 0.118. The van der Waals surface area contributed by atoms with Crippen molar-refractivity contribution in [1.29, 1.82) is 0 Å². The maximum Gasteiger partial charge on any atom is 0.323 e. The quantitative estimate of drug-likeness (QED) is 0.744. The van der Waals surface area contributed by atoms with Crippen LogP contribution in [0.25, 0.3) is 10.9 Å². The molecule has 0 aliphatic heterocycles. The smallest absolute Gasteiger partial charge is 0.323 e. The number of ether oxygens (including phenoxy) is 1. The van der Waals surface area contributed by atoms with Crippen molar-refractivity contribution < 1.29 is 9.53 Å². The Bertz CT molecular complexity index is 873. The number of urea groups is 1. The Labute approximate surface area is 138 Å². The predicted octanol–water partition coefficient (Wildman–Crippen LogP) is 4.48. The topological polar surface area (TPSA) is 55.3 Å². The number of anilines is 2. The van der Waals surface area contributed by atoms with E-state index in [1.807, 2.05) is 42.1 Å². The van der Waals surface area contributed by atoms with Gasteiger partial charge in [0.05, 0.1) is 18.5 Å². The van der Waals surface area contributed by atoms with Crippen LogP contribution < -0.4 is 15.4 Å². The molecule has 118 valence electrons. The summed E-state index contributed by atoms with van der Waals surface area (Å²) < 4.78 is 7.18. The minimum absolute atomic E-state index is 0.359. The lowest BCUT2D eigenvalue weighted by atomic mass is 10.2. The van der Waals surface area contributed by atoms with Gasteiger partial charge in [-0.2, -0.15) is 0 Å². The average Bonchev–Trinajstić information content (AvgIpc) is 2.84. The Hall–Kier alpha value is -2.66. The molecule has 2 amide bonds. The molecule has 0 atom stereocenters. The third-order valence-electron chi connectivity index (χ3n) is 3.55. The van der Waals surface area contributed by atoms with E-state index in [0.717, 1.165) is 16.6 Å². The number of amides is 2.